The van der Waals surface area contributed by atoms with Gasteiger partial charge in [0, 0.05) is 22.2 Å². The molecular weight excluding hydrogens is 286 g/mol. The molecule has 0 unspecified atom stereocenters. The van der Waals surface area contributed by atoms with E-state index in [1.54, 1.807) is 13.8 Å². The minimum atomic E-state index is -3.66. The number of hydrogen-bond donors (Lipinski definition) is 0. The van der Waals surface area contributed by atoms with E-state index in [1.807, 2.05) is 0 Å². The molecule has 0 aromatic heterocycles. The van der Waals surface area contributed by atoms with E-state index in [4.69, 9.17) is 15.4 Å². The zero-order chi connectivity index (χ0) is 14.0. The summed E-state index contributed by atoms with van der Waals surface area (Å²) in [6.07, 6.45) is 0. The standard InChI is InChI=1S/C11H13ClF2O3S/c1-11(2,7-18(12,15)16)6-17-10-4-3-8(13)5-9(10)14/h3-5H,6-7H2,1-2H3. The zero-order valence-electron chi connectivity index (χ0n) is 9.91. The normalized spacial score (nSPS) is 12.5. The van der Waals surface area contributed by atoms with Crippen LogP contribution in [0.25, 0.3) is 0 Å². The molecule has 0 radical (unpaired) electrons. The Bertz CT molecular complexity index is 529. The van der Waals surface area contributed by atoms with E-state index in [1.165, 1.54) is 0 Å². The molecule has 1 aromatic rings. The smallest absolute Gasteiger partial charge is 0.233 e. The summed E-state index contributed by atoms with van der Waals surface area (Å²) >= 11 is 0. The molecule has 3 nitrogen and oxygen atoms in total. The summed E-state index contributed by atoms with van der Waals surface area (Å²) in [5.41, 5.74) is -0.776. The van der Waals surface area contributed by atoms with Crippen LogP contribution in [0.4, 0.5) is 8.78 Å². The monoisotopic (exact) mass is 298 g/mol. The van der Waals surface area contributed by atoms with Gasteiger partial charge in [-0.15, -0.1) is 0 Å². The lowest BCUT2D eigenvalue weighted by Gasteiger charge is -2.23. The molecule has 0 N–H and O–H groups in total. The van der Waals surface area contributed by atoms with Crippen LogP contribution < -0.4 is 4.74 Å². The Morgan fingerprint density at radius 1 is 1.33 bits per heavy atom. The van der Waals surface area contributed by atoms with Crippen LogP contribution in [0.5, 0.6) is 5.75 Å². The number of ether oxygens (including phenoxy) is 1. The van der Waals surface area contributed by atoms with Gasteiger partial charge in [0.1, 0.15) is 5.82 Å². The lowest BCUT2D eigenvalue weighted by molar-refractivity contribution is 0.193. The molecule has 0 bridgehead atoms. The van der Waals surface area contributed by atoms with Gasteiger partial charge in [-0.3, -0.25) is 0 Å². The van der Waals surface area contributed by atoms with Crippen molar-refractivity contribution in [2.45, 2.75) is 13.8 Å². The Balaban J connectivity index is 2.70. The summed E-state index contributed by atoms with van der Waals surface area (Å²) in [4.78, 5) is 0. The summed E-state index contributed by atoms with van der Waals surface area (Å²) in [6, 6.07) is 2.90. The van der Waals surface area contributed by atoms with Crippen LogP contribution in [-0.2, 0) is 9.05 Å². The van der Waals surface area contributed by atoms with Gasteiger partial charge in [-0.05, 0) is 12.1 Å². The van der Waals surface area contributed by atoms with Crippen LogP contribution >= 0.6 is 10.7 Å². The maximum Gasteiger partial charge on any atom is 0.233 e. The Morgan fingerprint density at radius 2 is 1.94 bits per heavy atom. The van der Waals surface area contributed by atoms with Crippen molar-refractivity contribution in [1.29, 1.82) is 0 Å². The topological polar surface area (TPSA) is 43.4 Å². The van der Waals surface area contributed by atoms with E-state index >= 15 is 0 Å². The largest absolute Gasteiger partial charge is 0.490 e. The first-order valence-corrected chi connectivity index (χ1v) is 7.57. The summed E-state index contributed by atoms with van der Waals surface area (Å²) in [7, 11) is 1.48. The average Bonchev–Trinajstić information content (AvgIpc) is 2.12. The maximum atomic E-state index is 13.3. The van der Waals surface area contributed by atoms with Gasteiger partial charge < -0.3 is 4.74 Å². The molecule has 7 heteroatoms. The number of benzene rings is 1. The van der Waals surface area contributed by atoms with Gasteiger partial charge in [-0.1, -0.05) is 13.8 Å². The minimum absolute atomic E-state index is 0.0541. The van der Waals surface area contributed by atoms with Crippen molar-refractivity contribution in [3.8, 4) is 5.75 Å². The van der Waals surface area contributed by atoms with Crippen LogP contribution in [0.3, 0.4) is 0 Å². The van der Waals surface area contributed by atoms with E-state index in [9.17, 15) is 17.2 Å². The quantitative estimate of drug-likeness (QED) is 0.785. The number of halogens is 3. The fraction of sp³-hybridized carbons (Fsp3) is 0.455. The molecule has 0 aliphatic rings. The maximum absolute atomic E-state index is 13.3. The van der Waals surface area contributed by atoms with Crippen molar-refractivity contribution < 1.29 is 21.9 Å². The predicted molar refractivity (Wildman–Crippen MR) is 65.3 cm³/mol. The Morgan fingerprint density at radius 3 is 2.44 bits per heavy atom. The van der Waals surface area contributed by atoms with Crippen LogP contribution in [0.15, 0.2) is 18.2 Å². The highest BCUT2D eigenvalue weighted by Gasteiger charge is 2.26. The predicted octanol–water partition coefficient (Wildman–Crippen LogP) is 2.94. The SMILES string of the molecule is CC(C)(COc1ccc(F)cc1F)CS(=O)(=O)Cl. The molecule has 0 amide bonds. The van der Waals surface area contributed by atoms with Gasteiger partial charge in [0.25, 0.3) is 0 Å². The molecule has 0 heterocycles. The van der Waals surface area contributed by atoms with Gasteiger partial charge in [0.2, 0.25) is 9.05 Å². The van der Waals surface area contributed by atoms with Crippen molar-refractivity contribution in [3.63, 3.8) is 0 Å². The third-order valence-electron chi connectivity index (χ3n) is 2.08. The van der Waals surface area contributed by atoms with Gasteiger partial charge in [-0.2, -0.15) is 0 Å². The molecule has 18 heavy (non-hydrogen) atoms. The minimum Gasteiger partial charge on any atom is -0.490 e. The fourth-order valence-electron chi connectivity index (χ4n) is 1.37. The zero-order valence-corrected chi connectivity index (χ0v) is 11.5. The summed E-state index contributed by atoms with van der Waals surface area (Å²) in [6.45, 7) is 3.18. The molecule has 102 valence electrons. The molecule has 0 saturated carbocycles. The van der Waals surface area contributed by atoms with E-state index in [0.717, 1.165) is 12.1 Å². The van der Waals surface area contributed by atoms with E-state index < -0.39 is 26.1 Å². The second-order valence-electron chi connectivity index (χ2n) is 4.71. The molecule has 0 spiro atoms. The fourth-order valence-corrected chi connectivity index (χ4v) is 3.28. The molecule has 0 aliphatic carbocycles. The van der Waals surface area contributed by atoms with Crippen molar-refractivity contribution in [2.24, 2.45) is 5.41 Å². The first-order valence-electron chi connectivity index (χ1n) is 5.09. The van der Waals surface area contributed by atoms with Crippen molar-refractivity contribution in [3.05, 3.63) is 29.8 Å². The van der Waals surface area contributed by atoms with Gasteiger partial charge in [0.15, 0.2) is 11.6 Å². The molecule has 1 rings (SSSR count). The third kappa shape index (κ3) is 5.18. The highest BCUT2D eigenvalue weighted by Crippen LogP contribution is 2.24. The van der Waals surface area contributed by atoms with Gasteiger partial charge in [-0.25, -0.2) is 17.2 Å². The lowest BCUT2D eigenvalue weighted by atomic mass is 9.98. The van der Waals surface area contributed by atoms with Gasteiger partial charge in [0.05, 0.1) is 12.4 Å². The number of hydrogen-bond acceptors (Lipinski definition) is 3. The van der Waals surface area contributed by atoms with Gasteiger partial charge >= 0.3 is 0 Å². The Kier molecular flexibility index (Phi) is 4.55. The third-order valence-corrected chi connectivity index (χ3v) is 3.53. The molecular formula is C11H13ClF2O3S. The second kappa shape index (κ2) is 5.40. The average molecular weight is 299 g/mol. The molecule has 0 aliphatic heterocycles. The van der Waals surface area contributed by atoms with E-state index in [0.29, 0.717) is 6.07 Å². The Labute approximate surface area is 109 Å². The lowest BCUT2D eigenvalue weighted by Crippen LogP contribution is -2.28. The molecule has 0 atom stereocenters. The van der Waals surface area contributed by atoms with E-state index in [2.05, 4.69) is 0 Å². The molecule has 0 saturated heterocycles. The number of rotatable bonds is 5. The van der Waals surface area contributed by atoms with Crippen LogP contribution in [-0.4, -0.2) is 20.8 Å². The summed E-state index contributed by atoms with van der Waals surface area (Å²) < 4.78 is 53.0. The summed E-state index contributed by atoms with van der Waals surface area (Å²) in [5, 5.41) is 0. The molecule has 0 fully saturated rings. The highest BCUT2D eigenvalue weighted by atomic mass is 35.7. The second-order valence-corrected chi connectivity index (χ2v) is 7.49. The van der Waals surface area contributed by atoms with E-state index in [-0.39, 0.29) is 18.1 Å². The van der Waals surface area contributed by atoms with Crippen LogP contribution in [0.2, 0.25) is 0 Å². The first-order chi connectivity index (χ1) is 8.09. The Hall–Kier alpha value is -0.880. The highest BCUT2D eigenvalue weighted by molar-refractivity contribution is 8.13. The summed E-state index contributed by atoms with van der Waals surface area (Å²) in [5.74, 6) is -1.97. The van der Waals surface area contributed by atoms with Crippen molar-refractivity contribution in [1.82, 2.24) is 0 Å². The molecule has 1 aromatic carbocycles. The van der Waals surface area contributed by atoms with Crippen molar-refractivity contribution in [2.75, 3.05) is 12.4 Å². The van der Waals surface area contributed by atoms with Crippen molar-refractivity contribution >= 4 is 19.7 Å². The first kappa shape index (κ1) is 15.2. The van der Waals surface area contributed by atoms with Crippen LogP contribution in [0.1, 0.15) is 13.8 Å². The van der Waals surface area contributed by atoms with Crippen LogP contribution in [0, 0.1) is 17.0 Å².